The maximum atomic E-state index is 4.76. The minimum atomic E-state index is 0.154. The van der Waals surface area contributed by atoms with Crippen molar-refractivity contribution in [3.8, 4) is 11.3 Å². The van der Waals surface area contributed by atoms with Gasteiger partial charge in [0.25, 0.3) is 0 Å². The molecule has 2 aromatic carbocycles. The second kappa shape index (κ2) is 3.62. The summed E-state index contributed by atoms with van der Waals surface area (Å²) in [5, 5.41) is 0. The first-order valence-corrected chi connectivity index (χ1v) is 6.76. The molecule has 2 nitrogen and oxygen atoms in total. The molecule has 0 fully saturated rings. The van der Waals surface area contributed by atoms with E-state index >= 15 is 0 Å². The second-order valence-electron chi connectivity index (χ2n) is 4.40. The van der Waals surface area contributed by atoms with Crippen LogP contribution < -0.4 is 0 Å². The van der Waals surface area contributed by atoms with Gasteiger partial charge >= 0.3 is 0 Å². The fraction of sp³-hybridized carbons (Fsp3) is 0.0667. The minimum absolute atomic E-state index is 0.154. The van der Waals surface area contributed by atoms with E-state index in [2.05, 4.69) is 34.1 Å². The fourth-order valence-electron chi connectivity index (χ4n) is 2.47. The van der Waals surface area contributed by atoms with Crippen LogP contribution in [0.2, 0.25) is 0 Å². The molecule has 86 valence electrons. The van der Waals surface area contributed by atoms with Crippen LogP contribution in [0.25, 0.3) is 22.3 Å². The van der Waals surface area contributed by atoms with E-state index in [1.165, 1.54) is 11.1 Å². The Kier molecular flexibility index (Phi) is 2.06. The van der Waals surface area contributed by atoms with E-state index in [4.69, 9.17) is 9.97 Å². The molecule has 1 atom stereocenters. The number of fused-ring (bicyclic) bond motifs is 4. The molecule has 0 bridgehead atoms. The summed E-state index contributed by atoms with van der Waals surface area (Å²) in [4.78, 5) is 9.65. The Morgan fingerprint density at radius 1 is 0.833 bits per heavy atom. The van der Waals surface area contributed by atoms with Crippen molar-refractivity contribution in [3.05, 3.63) is 59.8 Å². The summed E-state index contributed by atoms with van der Waals surface area (Å²) in [6.07, 6.45) is 0. The maximum absolute atomic E-state index is 4.76. The lowest BCUT2D eigenvalue weighted by molar-refractivity contribution is 1.12. The molecule has 3 aromatic rings. The SMILES string of the molecule is Br[C@H]1c2ccccc2-c2nc3ccccc3nc21. The largest absolute Gasteiger partial charge is 0.247 e. The lowest BCUT2D eigenvalue weighted by atomic mass is 10.1. The van der Waals surface area contributed by atoms with Crippen molar-refractivity contribution in [2.45, 2.75) is 4.83 Å². The van der Waals surface area contributed by atoms with E-state index in [1.54, 1.807) is 0 Å². The molecule has 0 N–H and O–H groups in total. The van der Waals surface area contributed by atoms with E-state index < -0.39 is 0 Å². The summed E-state index contributed by atoms with van der Waals surface area (Å²) >= 11 is 3.72. The van der Waals surface area contributed by atoms with Crippen LogP contribution in [0.4, 0.5) is 0 Å². The molecule has 18 heavy (non-hydrogen) atoms. The summed E-state index contributed by atoms with van der Waals surface area (Å²) < 4.78 is 0. The van der Waals surface area contributed by atoms with Gasteiger partial charge in [0.2, 0.25) is 0 Å². The average Bonchev–Trinajstić information content (AvgIpc) is 2.71. The Morgan fingerprint density at radius 2 is 1.50 bits per heavy atom. The Bertz CT molecular complexity index is 767. The number of hydrogen-bond donors (Lipinski definition) is 0. The first kappa shape index (κ1) is 10.2. The summed E-state index contributed by atoms with van der Waals surface area (Å²) in [7, 11) is 0. The van der Waals surface area contributed by atoms with Crippen molar-refractivity contribution < 1.29 is 0 Å². The van der Waals surface area contributed by atoms with Gasteiger partial charge in [0.15, 0.2) is 0 Å². The Hall–Kier alpha value is -1.74. The highest BCUT2D eigenvalue weighted by atomic mass is 79.9. The zero-order valence-electron chi connectivity index (χ0n) is 9.47. The van der Waals surface area contributed by atoms with Gasteiger partial charge in [-0.2, -0.15) is 0 Å². The molecule has 0 saturated heterocycles. The van der Waals surface area contributed by atoms with E-state index in [0.29, 0.717) is 0 Å². The molecule has 1 aromatic heterocycles. The van der Waals surface area contributed by atoms with Gasteiger partial charge in [-0.25, -0.2) is 9.97 Å². The van der Waals surface area contributed by atoms with E-state index in [0.717, 1.165) is 22.4 Å². The van der Waals surface area contributed by atoms with Gasteiger partial charge in [-0.15, -0.1) is 0 Å². The van der Waals surface area contributed by atoms with E-state index in [1.807, 2.05) is 30.3 Å². The maximum Gasteiger partial charge on any atom is 0.0943 e. The highest BCUT2D eigenvalue weighted by Crippen LogP contribution is 2.46. The zero-order valence-corrected chi connectivity index (χ0v) is 11.1. The molecule has 1 aliphatic rings. The molecule has 0 spiro atoms. The number of benzene rings is 2. The number of rotatable bonds is 0. The molecule has 0 unspecified atom stereocenters. The smallest absolute Gasteiger partial charge is 0.0943 e. The van der Waals surface area contributed by atoms with Crippen LogP contribution in [0.15, 0.2) is 48.5 Å². The van der Waals surface area contributed by atoms with Crippen LogP contribution in [-0.4, -0.2) is 9.97 Å². The van der Waals surface area contributed by atoms with Gasteiger partial charge in [-0.05, 0) is 17.7 Å². The number of para-hydroxylation sites is 2. The van der Waals surface area contributed by atoms with Crippen molar-refractivity contribution in [1.82, 2.24) is 9.97 Å². The first-order valence-electron chi connectivity index (χ1n) is 5.84. The lowest BCUT2D eigenvalue weighted by Crippen LogP contribution is -1.93. The molecular formula is C15H9BrN2. The summed E-state index contributed by atoms with van der Waals surface area (Å²) in [6.45, 7) is 0. The number of nitrogens with zero attached hydrogens (tertiary/aromatic N) is 2. The number of aromatic nitrogens is 2. The van der Waals surface area contributed by atoms with Gasteiger partial charge in [-0.1, -0.05) is 52.3 Å². The molecule has 0 amide bonds. The molecule has 3 heteroatoms. The fourth-order valence-corrected chi connectivity index (χ4v) is 3.19. The molecule has 1 heterocycles. The summed E-state index contributed by atoms with van der Waals surface area (Å²) in [5.74, 6) is 0. The van der Waals surface area contributed by atoms with Crippen molar-refractivity contribution in [2.24, 2.45) is 0 Å². The monoisotopic (exact) mass is 296 g/mol. The molecule has 4 rings (SSSR count). The molecule has 0 aliphatic heterocycles. The number of alkyl halides is 1. The van der Waals surface area contributed by atoms with Crippen LogP contribution >= 0.6 is 15.9 Å². The number of hydrogen-bond acceptors (Lipinski definition) is 2. The van der Waals surface area contributed by atoms with Crippen LogP contribution in [0.3, 0.4) is 0 Å². The third kappa shape index (κ3) is 1.28. The third-order valence-electron chi connectivity index (χ3n) is 3.33. The standard InChI is InChI=1S/C15H9BrN2/c16-13-9-5-1-2-6-10(9)14-15(13)18-12-8-4-3-7-11(12)17-14/h1-8,13H/t13-/m0/s1. The number of halogens is 1. The minimum Gasteiger partial charge on any atom is -0.247 e. The Morgan fingerprint density at radius 3 is 2.33 bits per heavy atom. The van der Waals surface area contributed by atoms with Crippen LogP contribution in [0, 0.1) is 0 Å². The molecule has 0 radical (unpaired) electrons. The predicted molar refractivity (Wildman–Crippen MR) is 75.7 cm³/mol. The second-order valence-corrected chi connectivity index (χ2v) is 5.31. The third-order valence-corrected chi connectivity index (χ3v) is 4.25. The zero-order chi connectivity index (χ0) is 12.1. The van der Waals surface area contributed by atoms with Gasteiger partial charge in [0.1, 0.15) is 0 Å². The Labute approximate surface area is 113 Å². The van der Waals surface area contributed by atoms with Crippen molar-refractivity contribution in [2.75, 3.05) is 0 Å². The topological polar surface area (TPSA) is 25.8 Å². The average molecular weight is 297 g/mol. The first-order chi connectivity index (χ1) is 8.84. The highest BCUT2D eigenvalue weighted by Gasteiger charge is 2.29. The summed E-state index contributed by atoms with van der Waals surface area (Å²) in [6, 6.07) is 16.3. The van der Waals surface area contributed by atoms with Crippen molar-refractivity contribution >= 4 is 27.0 Å². The van der Waals surface area contributed by atoms with E-state index in [9.17, 15) is 0 Å². The highest BCUT2D eigenvalue weighted by molar-refractivity contribution is 9.09. The predicted octanol–water partition coefficient (Wildman–Crippen LogP) is 4.09. The van der Waals surface area contributed by atoms with Gasteiger partial charge in [-0.3, -0.25) is 0 Å². The van der Waals surface area contributed by atoms with Gasteiger partial charge < -0.3 is 0 Å². The van der Waals surface area contributed by atoms with Crippen molar-refractivity contribution in [1.29, 1.82) is 0 Å². The molecule has 1 aliphatic carbocycles. The van der Waals surface area contributed by atoms with E-state index in [-0.39, 0.29) is 4.83 Å². The van der Waals surface area contributed by atoms with Crippen LogP contribution in [0.1, 0.15) is 16.1 Å². The Balaban J connectivity index is 2.10. The van der Waals surface area contributed by atoms with Gasteiger partial charge in [0.05, 0.1) is 27.2 Å². The normalized spacial score (nSPS) is 16.6. The van der Waals surface area contributed by atoms with Crippen molar-refractivity contribution in [3.63, 3.8) is 0 Å². The molecule has 0 saturated carbocycles. The lowest BCUT2D eigenvalue weighted by Gasteiger charge is -2.04. The molecular weight excluding hydrogens is 288 g/mol. The quantitative estimate of drug-likeness (QED) is 0.584. The summed E-state index contributed by atoms with van der Waals surface area (Å²) in [5.41, 5.74) is 6.37. The van der Waals surface area contributed by atoms with Crippen LogP contribution in [0.5, 0.6) is 0 Å². The van der Waals surface area contributed by atoms with Crippen LogP contribution in [-0.2, 0) is 0 Å². The van der Waals surface area contributed by atoms with Gasteiger partial charge in [0, 0.05) is 5.56 Å².